The Hall–Kier alpha value is -0.640. The lowest BCUT2D eigenvalue weighted by Gasteiger charge is -2.37. The van der Waals surface area contributed by atoms with Crippen LogP contribution in [0.15, 0.2) is 18.2 Å². The predicted molar refractivity (Wildman–Crippen MR) is 80.5 cm³/mol. The van der Waals surface area contributed by atoms with Gasteiger partial charge in [0.05, 0.1) is 5.02 Å². The van der Waals surface area contributed by atoms with E-state index in [2.05, 4.69) is 17.1 Å². The maximum absolute atomic E-state index is 13.5. The van der Waals surface area contributed by atoms with Gasteiger partial charge in [0.1, 0.15) is 5.82 Å². The van der Waals surface area contributed by atoms with E-state index in [1.54, 1.807) is 12.1 Å². The molecule has 2 nitrogen and oxygen atoms in total. The van der Waals surface area contributed by atoms with Gasteiger partial charge in [-0.1, -0.05) is 24.6 Å². The molecule has 20 heavy (non-hydrogen) atoms. The quantitative estimate of drug-likeness (QED) is 0.913. The zero-order valence-corrected chi connectivity index (χ0v) is 12.7. The summed E-state index contributed by atoms with van der Waals surface area (Å²) in [7, 11) is 0. The van der Waals surface area contributed by atoms with Crippen LogP contribution >= 0.6 is 11.6 Å². The molecule has 3 rings (SSSR count). The van der Waals surface area contributed by atoms with Crippen LogP contribution in [-0.4, -0.2) is 29.6 Å². The fourth-order valence-corrected chi connectivity index (χ4v) is 3.81. The molecule has 2 aliphatic heterocycles. The molecule has 0 aliphatic carbocycles. The molecule has 2 heterocycles. The standard InChI is InChI=1S/C16H22ClFN2/c1-2-20(10-11-3-6-15(17)16(18)7-11)14-8-12-4-5-13(9-14)19-12/h3,6-7,12-14,19H,2,4-5,8-10H2,1H3. The van der Waals surface area contributed by atoms with E-state index < -0.39 is 0 Å². The van der Waals surface area contributed by atoms with Crippen LogP contribution in [-0.2, 0) is 6.54 Å². The zero-order valence-electron chi connectivity index (χ0n) is 11.9. The number of hydrogen-bond donors (Lipinski definition) is 1. The Morgan fingerprint density at radius 1 is 1.30 bits per heavy atom. The van der Waals surface area contributed by atoms with E-state index in [9.17, 15) is 4.39 Å². The molecule has 1 aromatic rings. The Kier molecular flexibility index (Phi) is 4.29. The number of fused-ring (bicyclic) bond motifs is 2. The highest BCUT2D eigenvalue weighted by Crippen LogP contribution is 2.30. The summed E-state index contributed by atoms with van der Waals surface area (Å²) >= 11 is 5.75. The summed E-state index contributed by atoms with van der Waals surface area (Å²) in [6.07, 6.45) is 5.07. The molecule has 0 spiro atoms. The Morgan fingerprint density at radius 3 is 2.60 bits per heavy atom. The van der Waals surface area contributed by atoms with Crippen molar-refractivity contribution in [1.82, 2.24) is 10.2 Å². The monoisotopic (exact) mass is 296 g/mol. The van der Waals surface area contributed by atoms with Crippen molar-refractivity contribution in [2.75, 3.05) is 6.54 Å². The van der Waals surface area contributed by atoms with Crippen LogP contribution in [0.5, 0.6) is 0 Å². The highest BCUT2D eigenvalue weighted by atomic mass is 35.5. The summed E-state index contributed by atoms with van der Waals surface area (Å²) < 4.78 is 13.5. The normalized spacial score (nSPS) is 29.1. The van der Waals surface area contributed by atoms with Crippen LogP contribution in [0.3, 0.4) is 0 Å². The van der Waals surface area contributed by atoms with Crippen molar-refractivity contribution >= 4 is 11.6 Å². The second-order valence-electron chi connectivity index (χ2n) is 6.07. The summed E-state index contributed by atoms with van der Waals surface area (Å²) in [5.41, 5.74) is 1.01. The van der Waals surface area contributed by atoms with E-state index in [0.29, 0.717) is 18.1 Å². The van der Waals surface area contributed by atoms with E-state index in [1.807, 2.05) is 6.07 Å². The van der Waals surface area contributed by atoms with E-state index in [4.69, 9.17) is 11.6 Å². The molecule has 2 aliphatic rings. The zero-order chi connectivity index (χ0) is 14.1. The van der Waals surface area contributed by atoms with Crippen molar-refractivity contribution in [2.45, 2.75) is 57.3 Å². The van der Waals surface area contributed by atoms with Crippen LogP contribution < -0.4 is 5.32 Å². The first-order chi connectivity index (χ1) is 9.65. The smallest absolute Gasteiger partial charge is 0.142 e. The first-order valence-corrected chi connectivity index (χ1v) is 7.97. The van der Waals surface area contributed by atoms with Crippen molar-refractivity contribution < 1.29 is 4.39 Å². The Labute approximate surface area is 125 Å². The average Bonchev–Trinajstić information content (AvgIpc) is 2.78. The van der Waals surface area contributed by atoms with Crippen molar-refractivity contribution in [3.8, 4) is 0 Å². The van der Waals surface area contributed by atoms with Crippen molar-refractivity contribution in [2.24, 2.45) is 0 Å². The third kappa shape index (κ3) is 3.00. The Bertz CT molecular complexity index is 468. The molecule has 2 fully saturated rings. The van der Waals surface area contributed by atoms with Crippen LogP contribution in [0.1, 0.15) is 38.2 Å². The van der Waals surface area contributed by atoms with Gasteiger partial charge in [-0.15, -0.1) is 0 Å². The largest absolute Gasteiger partial charge is 0.311 e. The van der Waals surface area contributed by atoms with E-state index in [-0.39, 0.29) is 10.8 Å². The molecular weight excluding hydrogens is 275 g/mol. The number of rotatable bonds is 4. The second kappa shape index (κ2) is 6.00. The van der Waals surface area contributed by atoms with Gasteiger partial charge in [-0.25, -0.2) is 4.39 Å². The second-order valence-corrected chi connectivity index (χ2v) is 6.48. The number of nitrogens with zero attached hydrogens (tertiary/aromatic N) is 1. The van der Waals surface area contributed by atoms with Crippen molar-refractivity contribution in [3.05, 3.63) is 34.6 Å². The molecule has 0 radical (unpaired) electrons. The van der Waals surface area contributed by atoms with Crippen LogP contribution in [0.25, 0.3) is 0 Å². The van der Waals surface area contributed by atoms with Gasteiger partial charge in [0, 0.05) is 24.7 Å². The summed E-state index contributed by atoms with van der Waals surface area (Å²) in [5.74, 6) is -0.314. The molecule has 2 saturated heterocycles. The Morgan fingerprint density at radius 2 is 2.00 bits per heavy atom. The van der Waals surface area contributed by atoms with Gasteiger partial charge in [0.2, 0.25) is 0 Å². The van der Waals surface area contributed by atoms with Gasteiger partial charge in [0.15, 0.2) is 0 Å². The third-order valence-corrected chi connectivity index (χ3v) is 5.05. The number of benzene rings is 1. The fraction of sp³-hybridized carbons (Fsp3) is 0.625. The fourth-order valence-electron chi connectivity index (χ4n) is 3.70. The highest BCUT2D eigenvalue weighted by molar-refractivity contribution is 6.30. The molecule has 0 amide bonds. The van der Waals surface area contributed by atoms with Gasteiger partial charge in [0.25, 0.3) is 0 Å². The summed E-state index contributed by atoms with van der Waals surface area (Å²) in [6.45, 7) is 4.01. The van der Waals surface area contributed by atoms with Crippen LogP contribution in [0.4, 0.5) is 4.39 Å². The minimum Gasteiger partial charge on any atom is -0.311 e. The summed E-state index contributed by atoms with van der Waals surface area (Å²) in [6, 6.07) is 7.17. The predicted octanol–water partition coefficient (Wildman–Crippen LogP) is 3.58. The number of halogens is 2. The number of nitrogens with one attached hydrogen (secondary N) is 1. The lowest BCUT2D eigenvalue weighted by Crippen LogP contribution is -2.47. The number of hydrogen-bond acceptors (Lipinski definition) is 2. The SMILES string of the molecule is CCN(Cc1ccc(Cl)c(F)c1)C1CC2CCC(C1)N2. The van der Waals surface area contributed by atoms with Gasteiger partial charge in [-0.3, -0.25) is 4.90 Å². The Balaban J connectivity index is 1.68. The lowest BCUT2D eigenvalue weighted by molar-refractivity contribution is 0.140. The van der Waals surface area contributed by atoms with Crippen molar-refractivity contribution in [3.63, 3.8) is 0 Å². The average molecular weight is 297 g/mol. The minimum atomic E-state index is -0.314. The van der Waals surface area contributed by atoms with Crippen molar-refractivity contribution in [1.29, 1.82) is 0 Å². The molecular formula is C16H22ClFN2. The van der Waals surface area contributed by atoms with Crippen LogP contribution in [0, 0.1) is 5.82 Å². The third-order valence-electron chi connectivity index (χ3n) is 4.74. The van der Waals surface area contributed by atoms with Gasteiger partial charge in [-0.2, -0.15) is 0 Å². The van der Waals surface area contributed by atoms with Gasteiger partial charge < -0.3 is 5.32 Å². The lowest BCUT2D eigenvalue weighted by atomic mass is 9.97. The molecule has 4 heteroatoms. The molecule has 1 aromatic carbocycles. The first kappa shape index (κ1) is 14.3. The summed E-state index contributed by atoms with van der Waals surface area (Å²) in [5, 5.41) is 3.88. The molecule has 0 saturated carbocycles. The minimum absolute atomic E-state index is 0.205. The van der Waals surface area contributed by atoms with Crippen LogP contribution in [0.2, 0.25) is 5.02 Å². The van der Waals surface area contributed by atoms with E-state index >= 15 is 0 Å². The molecule has 2 unspecified atom stereocenters. The molecule has 110 valence electrons. The van der Waals surface area contributed by atoms with E-state index in [1.165, 1.54) is 25.7 Å². The molecule has 1 N–H and O–H groups in total. The highest BCUT2D eigenvalue weighted by Gasteiger charge is 2.35. The molecule has 0 aromatic heterocycles. The number of piperidine rings is 1. The summed E-state index contributed by atoms with van der Waals surface area (Å²) in [4.78, 5) is 2.48. The molecule has 2 bridgehead atoms. The van der Waals surface area contributed by atoms with Gasteiger partial charge >= 0.3 is 0 Å². The topological polar surface area (TPSA) is 15.3 Å². The maximum atomic E-state index is 13.5. The maximum Gasteiger partial charge on any atom is 0.142 e. The van der Waals surface area contributed by atoms with E-state index in [0.717, 1.165) is 18.7 Å². The molecule has 2 atom stereocenters. The van der Waals surface area contributed by atoms with Gasteiger partial charge in [-0.05, 0) is 49.9 Å². The first-order valence-electron chi connectivity index (χ1n) is 7.59.